The van der Waals surface area contributed by atoms with Gasteiger partial charge in [-0.25, -0.2) is 0 Å². The molecule has 0 fully saturated rings. The van der Waals surface area contributed by atoms with Crippen LogP contribution in [-0.4, -0.2) is 0 Å². The van der Waals surface area contributed by atoms with Crippen molar-refractivity contribution in [1.82, 2.24) is 0 Å². The number of hydrogen-bond acceptors (Lipinski definition) is 2. The second kappa shape index (κ2) is 9.31. The van der Waals surface area contributed by atoms with E-state index < -0.39 is 18.5 Å². The summed E-state index contributed by atoms with van der Waals surface area (Å²) in [5, 5.41) is 0. The van der Waals surface area contributed by atoms with Gasteiger partial charge in [-0.2, -0.15) is 9.90 Å². The Balaban J connectivity index is 0. The SMILES string of the molecule is P.[O]=[Mo]=[O]. The van der Waals surface area contributed by atoms with Crippen molar-refractivity contribution in [2.24, 2.45) is 0 Å². The van der Waals surface area contributed by atoms with Crippen molar-refractivity contribution in [3.8, 4) is 0 Å². The standard InChI is InChI=1S/Mo.2O.H3P/h;;;1H3. The van der Waals surface area contributed by atoms with E-state index >= 15 is 0 Å². The zero-order valence-electron chi connectivity index (χ0n) is 1.93. The zero-order valence-corrected chi connectivity index (χ0v) is 5.35. The van der Waals surface area contributed by atoms with Crippen molar-refractivity contribution in [2.75, 3.05) is 0 Å². The summed E-state index contributed by atoms with van der Waals surface area (Å²) in [6.07, 6.45) is 0. The fourth-order valence-corrected chi connectivity index (χ4v) is 0. The molecule has 2 nitrogen and oxygen atoms in total. The Morgan fingerprint density at radius 3 is 1.25 bits per heavy atom. The molecule has 0 aliphatic carbocycles. The predicted octanol–water partition coefficient (Wildman–Crippen LogP) is -0.182. The van der Waals surface area contributed by atoms with Crippen molar-refractivity contribution in [2.45, 2.75) is 0 Å². The van der Waals surface area contributed by atoms with Crippen LogP contribution in [0.3, 0.4) is 0 Å². The molecule has 0 aliphatic heterocycles. The molecular formula is H3MoO2P. The Morgan fingerprint density at radius 1 is 1.25 bits per heavy atom. The van der Waals surface area contributed by atoms with Crippen LogP contribution < -0.4 is 0 Å². The van der Waals surface area contributed by atoms with Gasteiger partial charge in [-0.05, 0) is 0 Å². The Hall–Kier alpha value is 0.718. The average molecular weight is 162 g/mol. The summed E-state index contributed by atoms with van der Waals surface area (Å²) < 4.78 is 17.0. The molecule has 0 heterocycles. The fourth-order valence-electron chi connectivity index (χ4n) is 0. The molecule has 1 unspecified atom stereocenters. The topological polar surface area (TPSA) is 34.1 Å². The molecule has 0 aliphatic rings. The average Bonchev–Trinajstić information content (AvgIpc) is 0.918. The number of rotatable bonds is 0. The molecule has 0 N–H and O–H groups in total. The molecule has 0 spiro atoms. The van der Waals surface area contributed by atoms with Crippen LogP contribution in [0.4, 0.5) is 0 Å². The van der Waals surface area contributed by atoms with E-state index in [0.29, 0.717) is 0 Å². The Labute approximate surface area is 35.7 Å². The normalized spacial score (nSPS) is 3.00. The van der Waals surface area contributed by atoms with Crippen LogP contribution in [0.15, 0.2) is 0 Å². The van der Waals surface area contributed by atoms with Gasteiger partial charge >= 0.3 is 25.3 Å². The minimum absolute atomic E-state index is 0. The van der Waals surface area contributed by atoms with Crippen LogP contribution in [0, 0.1) is 0 Å². The summed E-state index contributed by atoms with van der Waals surface area (Å²) in [5.41, 5.74) is 0. The van der Waals surface area contributed by atoms with E-state index in [1.807, 2.05) is 0 Å². The summed E-state index contributed by atoms with van der Waals surface area (Å²) >= 11 is -2.03. The van der Waals surface area contributed by atoms with Crippen LogP contribution in [-0.2, 0) is 25.3 Å². The second-order valence-corrected chi connectivity index (χ2v) is 0.403. The molecule has 0 rings (SSSR count). The Bertz CT molecular complexity index is 27.0. The van der Waals surface area contributed by atoms with Gasteiger partial charge in [0, 0.05) is 0 Å². The van der Waals surface area contributed by atoms with Crippen LogP contribution in [0.2, 0.25) is 0 Å². The monoisotopic (exact) mass is 164 g/mol. The van der Waals surface area contributed by atoms with E-state index in [1.165, 1.54) is 0 Å². The second-order valence-electron chi connectivity index (χ2n) is 0.0680. The van der Waals surface area contributed by atoms with Crippen LogP contribution in [0.5, 0.6) is 0 Å². The van der Waals surface area contributed by atoms with Crippen molar-refractivity contribution in [3.05, 3.63) is 0 Å². The molecule has 0 aromatic heterocycles. The first-order valence-electron chi connectivity index (χ1n) is 0.333. The zero-order chi connectivity index (χ0) is 2.71. The summed E-state index contributed by atoms with van der Waals surface area (Å²) in [7, 11) is 0. The van der Waals surface area contributed by atoms with Gasteiger partial charge in [-0.3, -0.25) is 0 Å². The molecule has 0 amide bonds. The first-order valence-corrected chi connectivity index (χ1v) is 1.97. The molecular weight excluding hydrogens is 159 g/mol. The molecule has 1 atom stereocenters. The van der Waals surface area contributed by atoms with E-state index in [2.05, 4.69) is 0 Å². The summed E-state index contributed by atoms with van der Waals surface area (Å²) in [4.78, 5) is 0. The van der Waals surface area contributed by atoms with E-state index in [4.69, 9.17) is 6.80 Å². The molecule has 0 aromatic rings. The third-order valence-corrected chi connectivity index (χ3v) is 0. The van der Waals surface area contributed by atoms with Crippen molar-refractivity contribution in [3.63, 3.8) is 0 Å². The van der Waals surface area contributed by atoms with E-state index in [1.54, 1.807) is 0 Å². The van der Waals surface area contributed by atoms with Gasteiger partial charge in [0.15, 0.2) is 0 Å². The molecule has 0 radical (unpaired) electrons. The minimum atomic E-state index is -2.03. The summed E-state index contributed by atoms with van der Waals surface area (Å²) in [6.45, 7) is 0. The molecule has 0 aromatic carbocycles. The van der Waals surface area contributed by atoms with Gasteiger partial charge in [0.25, 0.3) is 0 Å². The molecule has 0 bridgehead atoms. The summed E-state index contributed by atoms with van der Waals surface area (Å²) in [6, 6.07) is 0. The van der Waals surface area contributed by atoms with Gasteiger partial charge in [0.05, 0.1) is 0 Å². The molecule has 4 heavy (non-hydrogen) atoms. The summed E-state index contributed by atoms with van der Waals surface area (Å²) in [5.74, 6) is 0. The quantitative estimate of drug-likeness (QED) is 0.365. The van der Waals surface area contributed by atoms with Gasteiger partial charge < -0.3 is 0 Å². The molecule has 4 heteroatoms. The van der Waals surface area contributed by atoms with Crippen LogP contribution in [0.1, 0.15) is 0 Å². The van der Waals surface area contributed by atoms with E-state index in [9.17, 15) is 0 Å². The number of hydrogen-bond donors (Lipinski definition) is 0. The Kier molecular flexibility index (Phi) is 20.5. The fraction of sp³-hybridized carbons (Fsp3) is 0. The molecule has 26 valence electrons. The third kappa shape index (κ3) is 15.6. The Morgan fingerprint density at radius 2 is 1.25 bits per heavy atom. The maximum absolute atomic E-state index is 8.50. The third-order valence-electron chi connectivity index (χ3n) is 0. The van der Waals surface area contributed by atoms with Crippen LogP contribution in [0.25, 0.3) is 0 Å². The maximum atomic E-state index is 8.50. The van der Waals surface area contributed by atoms with E-state index in [0.717, 1.165) is 0 Å². The van der Waals surface area contributed by atoms with Gasteiger partial charge in [0.1, 0.15) is 0 Å². The molecule has 0 saturated carbocycles. The van der Waals surface area contributed by atoms with Gasteiger partial charge in [-0.15, -0.1) is 0 Å². The van der Waals surface area contributed by atoms with Crippen molar-refractivity contribution < 1.29 is 25.3 Å². The first-order chi connectivity index (χ1) is 1.41. The van der Waals surface area contributed by atoms with Gasteiger partial charge in [-0.1, -0.05) is 0 Å². The first kappa shape index (κ1) is 8.83. The van der Waals surface area contributed by atoms with Crippen LogP contribution >= 0.6 is 9.90 Å². The predicted molar refractivity (Wildman–Crippen MR) is 12.5 cm³/mol. The van der Waals surface area contributed by atoms with Crippen molar-refractivity contribution >= 4 is 9.90 Å². The van der Waals surface area contributed by atoms with Crippen molar-refractivity contribution in [1.29, 1.82) is 0 Å². The van der Waals surface area contributed by atoms with Gasteiger partial charge in [0.2, 0.25) is 0 Å². The van der Waals surface area contributed by atoms with E-state index in [-0.39, 0.29) is 9.90 Å². The molecule has 0 saturated heterocycles.